The van der Waals surface area contributed by atoms with Gasteiger partial charge in [0.05, 0.1) is 11.8 Å². The minimum atomic E-state index is -0.577. The number of nitrogens with one attached hydrogen (secondary N) is 1. The molecule has 0 spiro atoms. The lowest BCUT2D eigenvalue weighted by atomic mass is 10.1. The number of aromatic nitrogens is 1. The maximum absolute atomic E-state index is 9.97. The van der Waals surface area contributed by atoms with Crippen LogP contribution in [0.1, 0.15) is 20.8 Å². The lowest BCUT2D eigenvalue weighted by molar-refractivity contribution is 0.100. The van der Waals surface area contributed by atoms with E-state index in [1.165, 1.54) is 0 Å². The molecule has 2 rings (SSSR count). The van der Waals surface area contributed by atoms with Crippen molar-refractivity contribution in [3.63, 3.8) is 0 Å². The maximum Gasteiger partial charge on any atom is 0.170 e. The molecule has 0 amide bonds. The number of aliphatic hydroxyl groups excluding tert-OH is 1. The van der Waals surface area contributed by atoms with E-state index in [0.717, 1.165) is 5.56 Å². The molecule has 1 atom stereocenters. The van der Waals surface area contributed by atoms with Crippen LogP contribution in [0.3, 0.4) is 0 Å². The Morgan fingerprint density at radius 1 is 1.29 bits per heavy atom. The van der Waals surface area contributed by atoms with Crippen molar-refractivity contribution in [3.05, 3.63) is 36.5 Å². The Balaban J connectivity index is 1.95. The van der Waals surface area contributed by atoms with Gasteiger partial charge in [-0.3, -0.25) is 0 Å². The average Bonchev–Trinajstić information content (AvgIpc) is 2.96. The molecule has 0 saturated carbocycles. The largest absolute Gasteiger partial charge is 0.490 e. The highest BCUT2D eigenvalue weighted by molar-refractivity contribution is 5.65. The van der Waals surface area contributed by atoms with E-state index in [4.69, 9.17) is 9.26 Å². The highest BCUT2D eigenvalue weighted by Crippen LogP contribution is 2.29. The van der Waals surface area contributed by atoms with Crippen LogP contribution in [0, 0.1) is 0 Å². The van der Waals surface area contributed by atoms with Crippen LogP contribution in [0.15, 0.2) is 41.1 Å². The third kappa shape index (κ3) is 4.88. The van der Waals surface area contributed by atoms with Crippen molar-refractivity contribution in [2.24, 2.45) is 0 Å². The zero-order chi connectivity index (χ0) is 15.3. The monoisotopic (exact) mass is 290 g/mol. The van der Waals surface area contributed by atoms with Crippen molar-refractivity contribution in [3.8, 4) is 17.1 Å². The van der Waals surface area contributed by atoms with E-state index in [9.17, 15) is 5.11 Å². The van der Waals surface area contributed by atoms with Gasteiger partial charge in [0, 0.05) is 18.2 Å². The number of ether oxygens (including phenoxy) is 1. The minimum Gasteiger partial charge on any atom is -0.490 e. The van der Waals surface area contributed by atoms with E-state index < -0.39 is 6.10 Å². The van der Waals surface area contributed by atoms with Crippen LogP contribution in [0.2, 0.25) is 0 Å². The molecule has 2 N–H and O–H groups in total. The zero-order valence-electron chi connectivity index (χ0n) is 12.7. The van der Waals surface area contributed by atoms with E-state index in [0.29, 0.717) is 18.1 Å². The normalized spacial score (nSPS) is 13.1. The number of β-amino-alcohol motifs (C(OH)–C–C–N with tert-alkyl or cyclic N) is 1. The van der Waals surface area contributed by atoms with Crippen molar-refractivity contribution in [1.82, 2.24) is 10.5 Å². The van der Waals surface area contributed by atoms with Crippen molar-refractivity contribution in [2.75, 3.05) is 13.2 Å². The number of rotatable bonds is 6. The topological polar surface area (TPSA) is 67.5 Å². The Labute approximate surface area is 124 Å². The molecule has 0 fully saturated rings. The van der Waals surface area contributed by atoms with E-state index in [1.54, 1.807) is 12.3 Å². The molecule has 1 aromatic carbocycles. The first-order valence-electron chi connectivity index (χ1n) is 7.02. The summed E-state index contributed by atoms with van der Waals surface area (Å²) in [6.45, 7) is 6.86. The molecule has 1 heterocycles. The average molecular weight is 290 g/mol. The first-order valence-corrected chi connectivity index (χ1v) is 7.02. The van der Waals surface area contributed by atoms with Gasteiger partial charge in [-0.05, 0) is 32.9 Å². The summed E-state index contributed by atoms with van der Waals surface area (Å²) in [4.78, 5) is 0. The lowest BCUT2D eigenvalue weighted by Crippen LogP contribution is -2.42. The molecule has 114 valence electrons. The van der Waals surface area contributed by atoms with Gasteiger partial charge in [-0.1, -0.05) is 17.3 Å². The standard InChI is InChI=1S/C16H22N2O3/c1-16(2,3)17-10-12(19)11-20-14-7-5-4-6-13(14)15-8-9-18-21-15/h4-9,12,17,19H,10-11H2,1-3H3. The number of aliphatic hydroxyl groups is 1. The Hall–Kier alpha value is -1.85. The summed E-state index contributed by atoms with van der Waals surface area (Å²) in [7, 11) is 0. The zero-order valence-corrected chi connectivity index (χ0v) is 12.7. The van der Waals surface area contributed by atoms with Gasteiger partial charge in [-0.25, -0.2) is 0 Å². The Kier molecular flexibility index (Phi) is 4.98. The van der Waals surface area contributed by atoms with Crippen molar-refractivity contribution >= 4 is 0 Å². The van der Waals surface area contributed by atoms with Crippen molar-refractivity contribution in [2.45, 2.75) is 32.4 Å². The molecular weight excluding hydrogens is 268 g/mol. The first-order chi connectivity index (χ1) is 9.96. The molecule has 0 radical (unpaired) electrons. The highest BCUT2D eigenvalue weighted by Gasteiger charge is 2.14. The van der Waals surface area contributed by atoms with Gasteiger partial charge in [-0.2, -0.15) is 0 Å². The van der Waals surface area contributed by atoms with Gasteiger partial charge in [0.2, 0.25) is 0 Å². The summed E-state index contributed by atoms with van der Waals surface area (Å²) >= 11 is 0. The fraction of sp³-hybridized carbons (Fsp3) is 0.438. The summed E-state index contributed by atoms with van der Waals surface area (Å²) in [5.41, 5.74) is 0.796. The van der Waals surface area contributed by atoms with Crippen LogP contribution in [0.5, 0.6) is 5.75 Å². The van der Waals surface area contributed by atoms with E-state index in [2.05, 4.69) is 31.2 Å². The van der Waals surface area contributed by atoms with Crippen LogP contribution >= 0.6 is 0 Å². The molecule has 0 aliphatic carbocycles. The van der Waals surface area contributed by atoms with Gasteiger partial charge in [0.1, 0.15) is 18.5 Å². The quantitative estimate of drug-likeness (QED) is 0.855. The molecule has 0 aliphatic rings. The molecule has 0 aliphatic heterocycles. The highest BCUT2D eigenvalue weighted by atomic mass is 16.5. The number of benzene rings is 1. The van der Waals surface area contributed by atoms with E-state index >= 15 is 0 Å². The van der Waals surface area contributed by atoms with E-state index in [1.807, 2.05) is 24.3 Å². The molecular formula is C16H22N2O3. The second kappa shape index (κ2) is 6.74. The molecule has 21 heavy (non-hydrogen) atoms. The predicted octanol–water partition coefficient (Wildman–Crippen LogP) is 2.47. The summed E-state index contributed by atoms with van der Waals surface area (Å²) in [5, 5.41) is 16.9. The molecule has 1 unspecified atom stereocenters. The van der Waals surface area contributed by atoms with Crippen LogP contribution < -0.4 is 10.1 Å². The molecule has 1 aromatic heterocycles. The van der Waals surface area contributed by atoms with Crippen LogP contribution in [-0.4, -0.2) is 35.1 Å². The smallest absolute Gasteiger partial charge is 0.170 e. The molecule has 0 bridgehead atoms. The van der Waals surface area contributed by atoms with Gasteiger partial charge in [-0.15, -0.1) is 0 Å². The second-order valence-electron chi connectivity index (χ2n) is 5.97. The van der Waals surface area contributed by atoms with Gasteiger partial charge >= 0.3 is 0 Å². The van der Waals surface area contributed by atoms with Gasteiger partial charge in [0.15, 0.2) is 5.76 Å². The third-order valence-electron chi connectivity index (χ3n) is 2.89. The number of nitrogens with zero attached hydrogens (tertiary/aromatic N) is 1. The number of hydrogen-bond acceptors (Lipinski definition) is 5. The fourth-order valence-electron chi connectivity index (χ4n) is 1.82. The Morgan fingerprint density at radius 2 is 2.05 bits per heavy atom. The molecule has 0 saturated heterocycles. The summed E-state index contributed by atoms with van der Waals surface area (Å²) < 4.78 is 10.9. The van der Waals surface area contributed by atoms with Crippen LogP contribution in [-0.2, 0) is 0 Å². The van der Waals surface area contributed by atoms with E-state index in [-0.39, 0.29) is 12.1 Å². The number of hydrogen-bond donors (Lipinski definition) is 2. The molecule has 2 aromatic rings. The number of para-hydroxylation sites is 1. The molecule has 5 nitrogen and oxygen atoms in total. The van der Waals surface area contributed by atoms with Crippen LogP contribution in [0.25, 0.3) is 11.3 Å². The predicted molar refractivity (Wildman–Crippen MR) is 81.2 cm³/mol. The third-order valence-corrected chi connectivity index (χ3v) is 2.89. The summed E-state index contributed by atoms with van der Waals surface area (Å²) in [5.74, 6) is 1.32. The SMILES string of the molecule is CC(C)(C)NCC(O)COc1ccccc1-c1ccno1. The Morgan fingerprint density at radius 3 is 2.71 bits per heavy atom. The minimum absolute atomic E-state index is 0.0290. The fourth-order valence-corrected chi connectivity index (χ4v) is 1.82. The van der Waals surface area contributed by atoms with Crippen molar-refractivity contribution in [1.29, 1.82) is 0 Å². The summed E-state index contributed by atoms with van der Waals surface area (Å²) in [6.07, 6.45) is 1.01. The lowest BCUT2D eigenvalue weighted by Gasteiger charge is -2.23. The first kappa shape index (κ1) is 15.5. The van der Waals surface area contributed by atoms with Crippen molar-refractivity contribution < 1.29 is 14.4 Å². The van der Waals surface area contributed by atoms with Gasteiger partial charge in [0.25, 0.3) is 0 Å². The Bertz CT molecular complexity index is 547. The second-order valence-corrected chi connectivity index (χ2v) is 5.97. The van der Waals surface area contributed by atoms with Gasteiger partial charge < -0.3 is 19.7 Å². The summed E-state index contributed by atoms with van der Waals surface area (Å²) in [6, 6.07) is 9.31. The molecule has 5 heteroatoms. The maximum atomic E-state index is 9.97. The van der Waals surface area contributed by atoms with Crippen LogP contribution in [0.4, 0.5) is 0 Å².